The fraction of sp³-hybridized carbons (Fsp3) is 0.480. The van der Waals surface area contributed by atoms with Crippen LogP contribution in [0.25, 0.3) is 0 Å². The third-order valence-corrected chi connectivity index (χ3v) is 7.45. The summed E-state index contributed by atoms with van der Waals surface area (Å²) in [5.41, 5.74) is 0.868. The van der Waals surface area contributed by atoms with Crippen molar-refractivity contribution in [3.05, 3.63) is 51.5 Å². The van der Waals surface area contributed by atoms with E-state index in [4.69, 9.17) is 49.4 Å². The van der Waals surface area contributed by atoms with E-state index in [9.17, 15) is 4.79 Å². The van der Waals surface area contributed by atoms with E-state index >= 15 is 0 Å². The minimum absolute atomic E-state index is 0. The lowest BCUT2D eigenvalue weighted by Gasteiger charge is -2.38. The molecule has 0 amide bonds. The van der Waals surface area contributed by atoms with E-state index in [0.29, 0.717) is 26.7 Å². The number of ether oxygens (including phenoxy) is 2. The first-order valence-corrected chi connectivity index (χ1v) is 12.7. The van der Waals surface area contributed by atoms with Crippen molar-refractivity contribution in [2.45, 2.75) is 31.8 Å². The van der Waals surface area contributed by atoms with Crippen molar-refractivity contribution in [3.8, 4) is 11.5 Å². The van der Waals surface area contributed by atoms with Gasteiger partial charge in [0.25, 0.3) is 0 Å². The smallest absolute Gasteiger partial charge is 0.341 e. The molecule has 0 spiro atoms. The monoisotopic (exact) mass is 562 g/mol. The van der Waals surface area contributed by atoms with Crippen LogP contribution in [0.4, 0.5) is 5.69 Å². The molecule has 2 aromatic carbocycles. The van der Waals surface area contributed by atoms with Crippen LogP contribution in [0.15, 0.2) is 36.4 Å². The first-order chi connectivity index (χ1) is 16.4. The summed E-state index contributed by atoms with van der Waals surface area (Å²) in [4.78, 5) is 15.7. The SMILES string of the molecule is Cl.O=C(O)COc1ccc(Cl)cc1N1CCC(CN2CCC(Oc3ccc(Cl)c(Cl)c3)CC2)CC1. The summed E-state index contributed by atoms with van der Waals surface area (Å²) >= 11 is 18.3. The van der Waals surface area contributed by atoms with E-state index < -0.39 is 5.97 Å². The highest BCUT2D eigenvalue weighted by Gasteiger charge is 2.26. The molecule has 0 unspecified atom stereocenters. The predicted molar refractivity (Wildman–Crippen MR) is 143 cm³/mol. The Labute approximate surface area is 227 Å². The number of likely N-dealkylation sites (tertiary alicyclic amines) is 1. The third-order valence-electron chi connectivity index (χ3n) is 6.47. The maximum absolute atomic E-state index is 10.9. The number of nitrogens with zero attached hydrogens (tertiary/aromatic N) is 2. The van der Waals surface area contributed by atoms with E-state index in [0.717, 1.165) is 69.8 Å². The van der Waals surface area contributed by atoms with E-state index in [1.54, 1.807) is 24.3 Å². The molecule has 2 fully saturated rings. The molecule has 2 saturated heterocycles. The summed E-state index contributed by atoms with van der Waals surface area (Å²) in [6.45, 7) is 4.55. The van der Waals surface area contributed by atoms with E-state index in [1.165, 1.54) is 0 Å². The summed E-state index contributed by atoms with van der Waals surface area (Å²) in [6.07, 6.45) is 4.33. The van der Waals surface area contributed by atoms with Crippen LogP contribution in [0.5, 0.6) is 11.5 Å². The Balaban J connectivity index is 0.00000342. The van der Waals surface area contributed by atoms with Gasteiger partial charge in [-0.15, -0.1) is 12.4 Å². The Morgan fingerprint density at radius 3 is 2.31 bits per heavy atom. The Morgan fingerprint density at radius 1 is 0.943 bits per heavy atom. The number of halogens is 4. The molecule has 192 valence electrons. The number of piperidine rings is 2. The zero-order chi connectivity index (χ0) is 24.1. The zero-order valence-electron chi connectivity index (χ0n) is 19.3. The lowest BCUT2D eigenvalue weighted by molar-refractivity contribution is -0.139. The summed E-state index contributed by atoms with van der Waals surface area (Å²) in [5, 5.41) is 10.6. The van der Waals surface area contributed by atoms with Gasteiger partial charge in [0.05, 0.1) is 15.7 Å². The summed E-state index contributed by atoms with van der Waals surface area (Å²) in [6, 6.07) is 10.7. The molecule has 10 heteroatoms. The van der Waals surface area contributed by atoms with E-state index in [2.05, 4.69) is 9.80 Å². The largest absolute Gasteiger partial charge is 0.490 e. The van der Waals surface area contributed by atoms with Gasteiger partial charge in [0.1, 0.15) is 17.6 Å². The van der Waals surface area contributed by atoms with Crippen molar-refractivity contribution < 1.29 is 19.4 Å². The van der Waals surface area contributed by atoms with Gasteiger partial charge in [-0.05, 0) is 61.9 Å². The Hall–Kier alpha value is -1.57. The van der Waals surface area contributed by atoms with Crippen LogP contribution >= 0.6 is 47.2 Å². The molecule has 35 heavy (non-hydrogen) atoms. The molecule has 0 aromatic heterocycles. The predicted octanol–water partition coefficient (Wildman–Crippen LogP) is 6.29. The van der Waals surface area contributed by atoms with Gasteiger partial charge in [0, 0.05) is 43.8 Å². The van der Waals surface area contributed by atoms with Crippen molar-refractivity contribution in [1.29, 1.82) is 0 Å². The molecule has 2 aliphatic heterocycles. The highest BCUT2D eigenvalue weighted by molar-refractivity contribution is 6.42. The highest BCUT2D eigenvalue weighted by atomic mass is 35.5. The molecule has 0 atom stereocenters. The quantitative estimate of drug-likeness (QED) is 0.407. The van der Waals surface area contributed by atoms with Gasteiger partial charge in [-0.25, -0.2) is 4.79 Å². The molecule has 0 bridgehead atoms. The second-order valence-electron chi connectivity index (χ2n) is 8.92. The minimum Gasteiger partial charge on any atom is -0.490 e. The van der Waals surface area contributed by atoms with Crippen molar-refractivity contribution >= 4 is 58.9 Å². The second-order valence-corrected chi connectivity index (χ2v) is 10.2. The Kier molecular flexibility index (Phi) is 10.5. The van der Waals surface area contributed by atoms with Gasteiger partial charge in [-0.1, -0.05) is 34.8 Å². The maximum atomic E-state index is 10.9. The van der Waals surface area contributed by atoms with Gasteiger partial charge in [0.15, 0.2) is 6.61 Å². The van der Waals surface area contributed by atoms with Crippen LogP contribution in [0.1, 0.15) is 25.7 Å². The van der Waals surface area contributed by atoms with Crippen LogP contribution in [0, 0.1) is 5.92 Å². The summed E-state index contributed by atoms with van der Waals surface area (Å²) in [7, 11) is 0. The highest BCUT2D eigenvalue weighted by Crippen LogP contribution is 2.35. The number of anilines is 1. The number of carboxylic acid groups (broad SMARTS) is 1. The van der Waals surface area contributed by atoms with Gasteiger partial charge in [0.2, 0.25) is 0 Å². The molecule has 4 rings (SSSR count). The fourth-order valence-electron chi connectivity index (χ4n) is 4.67. The average Bonchev–Trinajstić information content (AvgIpc) is 2.82. The van der Waals surface area contributed by atoms with Crippen LogP contribution < -0.4 is 14.4 Å². The van der Waals surface area contributed by atoms with E-state index in [1.807, 2.05) is 12.1 Å². The molecule has 2 aliphatic rings. The average molecular weight is 564 g/mol. The number of benzene rings is 2. The summed E-state index contributed by atoms with van der Waals surface area (Å²) in [5.74, 6) is 0.972. The molecule has 1 N–H and O–H groups in total. The van der Waals surface area contributed by atoms with Crippen molar-refractivity contribution in [2.75, 3.05) is 44.2 Å². The molecule has 2 aromatic rings. The molecule has 2 heterocycles. The standard InChI is InChI=1S/C25H29Cl3N2O4.ClH/c26-18-1-4-24(33-16-25(31)32)23(13-18)30-11-5-17(6-12-30)15-29-9-7-19(8-10-29)34-20-2-3-21(27)22(28)14-20;/h1-4,13-14,17,19H,5-12,15-16H2,(H,31,32);1H. The first-order valence-electron chi connectivity index (χ1n) is 11.6. The molecule has 0 saturated carbocycles. The lowest BCUT2D eigenvalue weighted by Crippen LogP contribution is -2.43. The van der Waals surface area contributed by atoms with Gasteiger partial charge < -0.3 is 24.4 Å². The first kappa shape index (κ1) is 28.0. The Morgan fingerprint density at radius 2 is 1.66 bits per heavy atom. The summed E-state index contributed by atoms with van der Waals surface area (Å²) < 4.78 is 11.6. The number of rotatable bonds is 8. The molecular weight excluding hydrogens is 534 g/mol. The number of carboxylic acids is 1. The van der Waals surface area contributed by atoms with Crippen molar-refractivity contribution in [2.24, 2.45) is 5.92 Å². The fourth-order valence-corrected chi connectivity index (χ4v) is 5.13. The molecule has 0 radical (unpaired) electrons. The van der Waals surface area contributed by atoms with Crippen molar-refractivity contribution in [3.63, 3.8) is 0 Å². The van der Waals surface area contributed by atoms with Crippen molar-refractivity contribution in [1.82, 2.24) is 4.90 Å². The number of aliphatic carboxylic acids is 1. The molecule has 0 aliphatic carbocycles. The topological polar surface area (TPSA) is 62.2 Å². The normalized spacial score (nSPS) is 17.6. The van der Waals surface area contributed by atoms with Crippen LogP contribution in [-0.2, 0) is 4.79 Å². The lowest BCUT2D eigenvalue weighted by atomic mass is 9.94. The zero-order valence-corrected chi connectivity index (χ0v) is 22.4. The maximum Gasteiger partial charge on any atom is 0.341 e. The van der Waals surface area contributed by atoms with E-state index in [-0.39, 0.29) is 25.1 Å². The Bertz CT molecular complexity index is 993. The van der Waals surface area contributed by atoms with Crippen LogP contribution in [0.3, 0.4) is 0 Å². The minimum atomic E-state index is -0.995. The van der Waals surface area contributed by atoms with Crippen LogP contribution in [0.2, 0.25) is 15.1 Å². The second kappa shape index (κ2) is 13.1. The van der Waals surface area contributed by atoms with Gasteiger partial charge >= 0.3 is 5.97 Å². The van der Waals surface area contributed by atoms with Gasteiger partial charge in [-0.3, -0.25) is 0 Å². The van der Waals surface area contributed by atoms with Gasteiger partial charge in [-0.2, -0.15) is 0 Å². The number of hydrogen-bond donors (Lipinski definition) is 1. The van der Waals surface area contributed by atoms with Crippen LogP contribution in [-0.4, -0.2) is 61.4 Å². The molecule has 6 nitrogen and oxygen atoms in total. The third kappa shape index (κ3) is 7.96. The number of carbonyl (C=O) groups is 1. The number of hydrogen-bond acceptors (Lipinski definition) is 5. The molecular formula is C25H30Cl4N2O4.